The number of nitrogens with zero attached hydrogens (tertiary/aromatic N) is 1. The quantitative estimate of drug-likeness (QED) is 0.163. The molecule has 0 unspecified atom stereocenters. The molecule has 1 amide bonds. The number of methoxy groups -OCH3 is 2. The molecule has 0 spiro atoms. The number of aliphatic hydroxyl groups excluding tert-OH is 1. The maximum absolute atomic E-state index is 13.8. The number of aliphatic hydroxyl groups is 1. The summed E-state index contributed by atoms with van der Waals surface area (Å²) < 4.78 is 39.8. The van der Waals surface area contributed by atoms with Gasteiger partial charge < -0.3 is 30.0 Å². The zero-order chi connectivity index (χ0) is 31.7. The molecular weight excluding hydrogens is 582 g/mol. The fourth-order valence-corrected chi connectivity index (χ4v) is 6.86. The minimum absolute atomic E-state index is 0.147. The molecule has 1 saturated heterocycles. The topological polar surface area (TPSA) is 133 Å². The van der Waals surface area contributed by atoms with Gasteiger partial charge in [0.2, 0.25) is 0 Å². The Bertz CT molecular complexity index is 1350. The number of carbonyl (C=O) groups excluding carboxylic acids is 1. The van der Waals surface area contributed by atoms with Crippen LogP contribution in [0.1, 0.15) is 48.2 Å². The number of rotatable bonds is 14. The van der Waals surface area contributed by atoms with E-state index in [0.29, 0.717) is 48.0 Å². The molecule has 44 heavy (non-hydrogen) atoms. The van der Waals surface area contributed by atoms with Gasteiger partial charge in [-0.3, -0.25) is 18.2 Å². The molecule has 0 radical (unpaired) electrons. The number of carbonyl (C=O) groups is 1. The Kier molecular flexibility index (Phi) is 11.8. The Morgan fingerprint density at radius 2 is 1.64 bits per heavy atom. The highest BCUT2D eigenvalue weighted by Gasteiger charge is 2.29. The number of hydrogen-bond donors (Lipinski definition) is 5. The lowest BCUT2D eigenvalue weighted by Gasteiger charge is -2.47. The van der Waals surface area contributed by atoms with Gasteiger partial charge in [0.15, 0.2) is 0 Å². The van der Waals surface area contributed by atoms with E-state index >= 15 is 0 Å². The predicted octanol–water partition coefficient (Wildman–Crippen LogP) is 5.25. The normalized spacial score (nSPS) is 16.6. The van der Waals surface area contributed by atoms with E-state index in [9.17, 15) is 19.0 Å². The Balaban J connectivity index is 1.54. The first-order chi connectivity index (χ1) is 21.1. The summed E-state index contributed by atoms with van der Waals surface area (Å²) in [5.74, 6) is 1.69. The molecule has 0 aliphatic carbocycles. The van der Waals surface area contributed by atoms with Crippen molar-refractivity contribution in [3.8, 4) is 17.2 Å². The van der Waals surface area contributed by atoms with E-state index in [2.05, 4.69) is 10.6 Å². The smallest absolute Gasteiger partial charge is 0.251 e. The number of anilines is 1. The fourth-order valence-electron chi connectivity index (χ4n) is 5.18. The van der Waals surface area contributed by atoms with Crippen molar-refractivity contribution in [3.05, 3.63) is 83.4 Å². The van der Waals surface area contributed by atoms with E-state index < -0.39 is 28.8 Å². The maximum Gasteiger partial charge on any atom is 0.251 e. The van der Waals surface area contributed by atoms with Gasteiger partial charge in [0.05, 0.1) is 43.9 Å². The van der Waals surface area contributed by atoms with Crippen LogP contribution in [0, 0.1) is 0 Å². The molecule has 3 aromatic carbocycles. The average Bonchev–Trinajstić information content (AvgIpc) is 3.00. The van der Waals surface area contributed by atoms with Crippen LogP contribution in [0.3, 0.4) is 0 Å². The number of ether oxygens (including phenoxy) is 3. The highest BCUT2D eigenvalue weighted by atomic mass is 32.3. The van der Waals surface area contributed by atoms with Crippen LogP contribution < -0.4 is 29.1 Å². The third kappa shape index (κ3) is 9.26. The molecule has 2 atom stereocenters. The lowest BCUT2D eigenvalue weighted by molar-refractivity contribution is 0.0829. The van der Waals surface area contributed by atoms with Gasteiger partial charge in [-0.25, -0.2) is 0 Å². The largest absolute Gasteiger partial charge is 0.497 e. The van der Waals surface area contributed by atoms with Crippen molar-refractivity contribution >= 4 is 22.4 Å². The number of benzene rings is 3. The lowest BCUT2D eigenvalue weighted by atomic mass is 10.00. The van der Waals surface area contributed by atoms with Gasteiger partial charge in [0, 0.05) is 37.3 Å². The second kappa shape index (κ2) is 15.5. The van der Waals surface area contributed by atoms with Crippen LogP contribution >= 0.6 is 10.8 Å². The van der Waals surface area contributed by atoms with E-state index in [1.165, 1.54) is 0 Å². The Morgan fingerprint density at radius 1 is 0.932 bits per heavy atom. The first-order valence-electron chi connectivity index (χ1n) is 14.9. The fraction of sp³-hybridized carbons (Fsp3) is 0.424. The standard InChI is InChI=1S/C33H45N3O7S/c1-23(2)43-30-18-26(17-27(19-30)36-12-8-9-13-44(36,39)40)33(38)35-31(16-24-10-6-5-7-11-24)32(37)22-34-21-25-14-28(41-3)20-29(15-25)42-4/h5-7,10-11,14-15,17-20,23,31-32,34,37,39-40H,8-9,12-13,16,21-22H2,1-4H3,(H,35,38)/t31-,32-/m0/s1. The van der Waals surface area contributed by atoms with Crippen LogP contribution in [-0.4, -0.2) is 71.4 Å². The zero-order valence-corrected chi connectivity index (χ0v) is 26.7. The van der Waals surface area contributed by atoms with E-state index in [1.807, 2.05) is 56.3 Å². The molecular formula is C33H45N3O7S. The van der Waals surface area contributed by atoms with Gasteiger partial charge >= 0.3 is 0 Å². The molecule has 0 saturated carbocycles. The van der Waals surface area contributed by atoms with Crippen molar-refractivity contribution in [2.24, 2.45) is 0 Å². The van der Waals surface area contributed by atoms with Crippen molar-refractivity contribution in [1.82, 2.24) is 10.6 Å². The molecule has 1 aliphatic heterocycles. The van der Waals surface area contributed by atoms with Gasteiger partial charge in [0.25, 0.3) is 5.91 Å². The summed E-state index contributed by atoms with van der Waals surface area (Å²) in [7, 11) is 0.189. The molecule has 240 valence electrons. The van der Waals surface area contributed by atoms with Crippen LogP contribution in [-0.2, 0) is 13.0 Å². The number of hydrogen-bond acceptors (Lipinski definition) is 9. The number of amides is 1. The minimum atomic E-state index is -3.00. The third-order valence-electron chi connectivity index (χ3n) is 7.37. The minimum Gasteiger partial charge on any atom is -0.497 e. The second-order valence-electron chi connectivity index (χ2n) is 11.2. The van der Waals surface area contributed by atoms with Crippen LogP contribution in [0.4, 0.5) is 5.69 Å². The predicted molar refractivity (Wildman–Crippen MR) is 175 cm³/mol. The summed E-state index contributed by atoms with van der Waals surface area (Å²) in [6, 6.07) is 19.7. The van der Waals surface area contributed by atoms with E-state index in [0.717, 1.165) is 24.0 Å². The molecule has 1 fully saturated rings. The molecule has 1 aliphatic rings. The van der Waals surface area contributed by atoms with Gasteiger partial charge in [-0.2, -0.15) is 0 Å². The number of nitrogens with one attached hydrogen (secondary N) is 2. The molecule has 10 nitrogen and oxygen atoms in total. The summed E-state index contributed by atoms with van der Waals surface area (Å²) in [4.78, 5) is 13.8. The molecule has 3 aromatic rings. The van der Waals surface area contributed by atoms with Crippen LogP contribution in [0.5, 0.6) is 17.2 Å². The molecule has 4 rings (SSSR count). The maximum atomic E-state index is 13.8. The zero-order valence-electron chi connectivity index (χ0n) is 25.9. The van der Waals surface area contributed by atoms with Gasteiger partial charge in [-0.1, -0.05) is 30.3 Å². The Labute approximate surface area is 261 Å². The van der Waals surface area contributed by atoms with Crippen LogP contribution in [0.25, 0.3) is 0 Å². The molecule has 1 heterocycles. The average molecular weight is 628 g/mol. The summed E-state index contributed by atoms with van der Waals surface area (Å²) in [6.45, 7) is 4.92. The van der Waals surface area contributed by atoms with Gasteiger partial charge in [-0.15, -0.1) is 10.8 Å². The van der Waals surface area contributed by atoms with Crippen LogP contribution in [0.15, 0.2) is 66.7 Å². The second-order valence-corrected chi connectivity index (χ2v) is 13.3. The van der Waals surface area contributed by atoms with Crippen molar-refractivity contribution in [2.75, 3.05) is 37.4 Å². The van der Waals surface area contributed by atoms with Crippen molar-refractivity contribution in [1.29, 1.82) is 0 Å². The Morgan fingerprint density at radius 3 is 2.27 bits per heavy atom. The van der Waals surface area contributed by atoms with E-state index in [4.69, 9.17) is 14.2 Å². The summed E-state index contributed by atoms with van der Waals surface area (Å²) in [6.07, 6.45) is 0.881. The van der Waals surface area contributed by atoms with Crippen molar-refractivity contribution < 1.29 is 33.2 Å². The van der Waals surface area contributed by atoms with Gasteiger partial charge in [-0.05, 0) is 68.5 Å². The summed E-state index contributed by atoms with van der Waals surface area (Å²) in [5, 5.41) is 17.6. The molecule has 0 bridgehead atoms. The first-order valence-corrected chi connectivity index (χ1v) is 16.6. The summed E-state index contributed by atoms with van der Waals surface area (Å²) in [5.41, 5.74) is 2.72. The third-order valence-corrected chi connectivity index (χ3v) is 9.30. The molecule has 5 N–H and O–H groups in total. The Hall–Kier alpha value is -3.48. The molecule has 0 aromatic heterocycles. The van der Waals surface area contributed by atoms with Crippen molar-refractivity contribution in [3.63, 3.8) is 0 Å². The monoisotopic (exact) mass is 627 g/mol. The van der Waals surface area contributed by atoms with E-state index in [1.54, 1.807) is 42.8 Å². The van der Waals surface area contributed by atoms with Crippen molar-refractivity contribution in [2.45, 2.75) is 57.9 Å². The summed E-state index contributed by atoms with van der Waals surface area (Å²) >= 11 is 0. The SMILES string of the molecule is COc1cc(CNC[C@H](O)[C@H](Cc2ccccc2)NC(=O)c2cc(OC(C)C)cc(N3CCCCS3(O)O)c2)cc(OC)c1. The van der Waals surface area contributed by atoms with Gasteiger partial charge in [0.1, 0.15) is 17.2 Å². The first kappa shape index (κ1) is 33.4. The highest BCUT2D eigenvalue weighted by Crippen LogP contribution is 2.50. The van der Waals surface area contributed by atoms with E-state index in [-0.39, 0.29) is 18.4 Å². The highest BCUT2D eigenvalue weighted by molar-refractivity contribution is 8.25. The molecule has 11 heteroatoms. The lowest BCUT2D eigenvalue weighted by Crippen LogP contribution is -2.48. The van der Waals surface area contributed by atoms with Crippen LogP contribution in [0.2, 0.25) is 0 Å².